The molecule has 1 rings (SSSR count). The molecule has 6 heteroatoms. The zero-order chi connectivity index (χ0) is 12.9. The maximum absolute atomic E-state index is 11.8. The van der Waals surface area contributed by atoms with Crippen LogP contribution < -0.4 is 10.0 Å². The molecule has 0 radical (unpaired) electrons. The summed E-state index contributed by atoms with van der Waals surface area (Å²) in [6.45, 7) is 2.22. The third-order valence-corrected chi connectivity index (χ3v) is 5.00. The quantitative estimate of drug-likeness (QED) is 0.799. The highest BCUT2D eigenvalue weighted by atomic mass is 32.2. The van der Waals surface area contributed by atoms with E-state index in [-0.39, 0.29) is 12.3 Å². The molecule has 0 bridgehead atoms. The average Bonchev–Trinajstić information content (AvgIpc) is 2.29. The number of hydrogen-bond acceptors (Lipinski definition) is 4. The third kappa shape index (κ3) is 3.90. The van der Waals surface area contributed by atoms with Crippen LogP contribution in [-0.2, 0) is 10.0 Å². The van der Waals surface area contributed by atoms with Gasteiger partial charge >= 0.3 is 0 Å². The summed E-state index contributed by atoms with van der Waals surface area (Å²) in [6, 6.07) is 7.48. The first kappa shape index (κ1) is 14.3. The summed E-state index contributed by atoms with van der Waals surface area (Å²) in [5, 5.41) is 0. The Kier molecular flexibility index (Phi) is 5.30. The van der Waals surface area contributed by atoms with Gasteiger partial charge in [0.15, 0.2) is 0 Å². The molecule has 17 heavy (non-hydrogen) atoms. The summed E-state index contributed by atoms with van der Waals surface area (Å²) in [5.74, 6) is 0.968. The first-order valence-corrected chi connectivity index (χ1v) is 8.00. The molecule has 0 amide bonds. The minimum absolute atomic E-state index is 0.0328. The lowest BCUT2D eigenvalue weighted by Crippen LogP contribution is -2.31. The normalized spacial score (nSPS) is 11.5. The number of thioether (sulfide) groups is 1. The number of nitrogens with zero attached hydrogens (tertiary/aromatic N) is 1. The van der Waals surface area contributed by atoms with Crippen molar-refractivity contribution in [3.63, 3.8) is 0 Å². The maximum atomic E-state index is 11.8. The number of anilines is 1. The van der Waals surface area contributed by atoms with Gasteiger partial charge in [0.25, 0.3) is 0 Å². The van der Waals surface area contributed by atoms with E-state index in [0.29, 0.717) is 5.69 Å². The van der Waals surface area contributed by atoms with Gasteiger partial charge in [-0.1, -0.05) is 6.92 Å². The van der Waals surface area contributed by atoms with Crippen LogP contribution in [-0.4, -0.2) is 33.5 Å². The lowest BCUT2D eigenvalue weighted by atomic mass is 10.3. The molecule has 0 spiro atoms. The monoisotopic (exact) mass is 274 g/mol. The predicted octanol–water partition coefficient (Wildman–Crippen LogP) is 1.52. The molecule has 0 aliphatic rings. The van der Waals surface area contributed by atoms with Crippen molar-refractivity contribution in [2.75, 3.05) is 29.4 Å². The van der Waals surface area contributed by atoms with Gasteiger partial charge in [0.05, 0.1) is 11.4 Å². The van der Waals surface area contributed by atoms with E-state index in [9.17, 15) is 8.42 Å². The molecule has 0 atom stereocenters. The Labute approximate surface area is 107 Å². The molecule has 0 aromatic heterocycles. The molecule has 1 aromatic rings. The van der Waals surface area contributed by atoms with E-state index in [1.807, 2.05) is 24.3 Å². The number of rotatable bonds is 6. The van der Waals surface area contributed by atoms with Gasteiger partial charge in [0, 0.05) is 18.5 Å². The second-order valence-electron chi connectivity index (χ2n) is 3.50. The molecule has 0 unspecified atom stereocenters. The highest BCUT2D eigenvalue weighted by Gasteiger charge is 2.16. The fourth-order valence-corrected chi connectivity index (χ4v) is 3.04. The summed E-state index contributed by atoms with van der Waals surface area (Å²) in [7, 11) is -1.74. The summed E-state index contributed by atoms with van der Waals surface area (Å²) in [4.78, 5) is 1.14. The van der Waals surface area contributed by atoms with Crippen LogP contribution in [0.5, 0.6) is 0 Å². The van der Waals surface area contributed by atoms with Crippen molar-refractivity contribution < 1.29 is 8.42 Å². The first-order chi connectivity index (χ1) is 8.01. The van der Waals surface area contributed by atoms with Gasteiger partial charge in [0.2, 0.25) is 10.0 Å². The Hall–Kier alpha value is -0.720. The van der Waals surface area contributed by atoms with Crippen LogP contribution in [0.25, 0.3) is 0 Å². The molecule has 0 aliphatic carbocycles. The molecule has 0 aliphatic heterocycles. The number of benzene rings is 1. The fourth-order valence-electron chi connectivity index (χ4n) is 1.37. The van der Waals surface area contributed by atoms with Crippen LogP contribution in [0.1, 0.15) is 6.92 Å². The van der Waals surface area contributed by atoms with Gasteiger partial charge in [-0.05, 0) is 30.0 Å². The largest absolute Gasteiger partial charge is 0.329 e. The molecule has 2 N–H and O–H groups in total. The van der Waals surface area contributed by atoms with E-state index in [2.05, 4.69) is 6.92 Å². The van der Waals surface area contributed by atoms with Crippen LogP contribution in [0, 0.1) is 0 Å². The molecule has 96 valence electrons. The van der Waals surface area contributed by atoms with Gasteiger partial charge in [-0.3, -0.25) is 4.31 Å². The van der Waals surface area contributed by atoms with Gasteiger partial charge in [0.1, 0.15) is 0 Å². The van der Waals surface area contributed by atoms with Crippen LogP contribution in [0.3, 0.4) is 0 Å². The summed E-state index contributed by atoms with van der Waals surface area (Å²) >= 11 is 1.73. The minimum atomic E-state index is -3.29. The third-order valence-electron chi connectivity index (χ3n) is 2.30. The molecule has 0 saturated heterocycles. The van der Waals surface area contributed by atoms with E-state index in [1.165, 1.54) is 4.31 Å². The Morgan fingerprint density at radius 3 is 2.35 bits per heavy atom. The lowest BCUT2D eigenvalue weighted by molar-refractivity contribution is 0.594. The predicted molar refractivity (Wildman–Crippen MR) is 74.1 cm³/mol. The lowest BCUT2D eigenvalue weighted by Gasteiger charge is -2.19. The van der Waals surface area contributed by atoms with Crippen molar-refractivity contribution in [2.24, 2.45) is 5.73 Å². The van der Waals surface area contributed by atoms with Gasteiger partial charge in [-0.2, -0.15) is 0 Å². The number of sulfonamides is 1. The Balaban J connectivity index is 2.86. The van der Waals surface area contributed by atoms with Crippen molar-refractivity contribution in [1.29, 1.82) is 0 Å². The van der Waals surface area contributed by atoms with Crippen LogP contribution in [0.15, 0.2) is 29.2 Å². The maximum Gasteiger partial charge on any atom is 0.236 e. The van der Waals surface area contributed by atoms with Crippen LogP contribution in [0.2, 0.25) is 0 Å². The molecule has 0 saturated carbocycles. The van der Waals surface area contributed by atoms with Gasteiger partial charge in [-0.15, -0.1) is 11.8 Å². The highest BCUT2D eigenvalue weighted by molar-refractivity contribution is 7.99. The van der Waals surface area contributed by atoms with E-state index in [0.717, 1.165) is 10.6 Å². The van der Waals surface area contributed by atoms with Crippen molar-refractivity contribution >= 4 is 27.5 Å². The zero-order valence-electron chi connectivity index (χ0n) is 10.1. The smallest absolute Gasteiger partial charge is 0.236 e. The van der Waals surface area contributed by atoms with Crippen LogP contribution in [0.4, 0.5) is 5.69 Å². The van der Waals surface area contributed by atoms with Crippen molar-refractivity contribution in [3.8, 4) is 0 Å². The second-order valence-corrected chi connectivity index (χ2v) is 6.96. The fraction of sp³-hybridized carbons (Fsp3) is 0.455. The molecule has 0 heterocycles. The van der Waals surface area contributed by atoms with E-state index in [1.54, 1.807) is 18.8 Å². The van der Waals surface area contributed by atoms with E-state index < -0.39 is 10.0 Å². The standard InChI is InChI=1S/C11H18N2O2S2/c1-3-16-11-6-4-10(5-7-11)13(2)17(14,15)9-8-12/h4-7H,3,8-9,12H2,1-2H3. The zero-order valence-corrected chi connectivity index (χ0v) is 11.7. The highest BCUT2D eigenvalue weighted by Crippen LogP contribution is 2.22. The Morgan fingerprint density at radius 1 is 1.29 bits per heavy atom. The summed E-state index contributed by atoms with van der Waals surface area (Å²) < 4.78 is 24.8. The Morgan fingerprint density at radius 2 is 1.88 bits per heavy atom. The van der Waals surface area contributed by atoms with Crippen molar-refractivity contribution in [2.45, 2.75) is 11.8 Å². The number of hydrogen-bond donors (Lipinski definition) is 1. The first-order valence-electron chi connectivity index (χ1n) is 5.40. The van der Waals surface area contributed by atoms with Crippen molar-refractivity contribution in [3.05, 3.63) is 24.3 Å². The van der Waals surface area contributed by atoms with E-state index in [4.69, 9.17) is 5.73 Å². The summed E-state index contributed by atoms with van der Waals surface area (Å²) in [6.07, 6.45) is 0. The van der Waals surface area contributed by atoms with Gasteiger partial charge in [-0.25, -0.2) is 8.42 Å². The topological polar surface area (TPSA) is 63.4 Å². The van der Waals surface area contributed by atoms with Crippen LogP contribution >= 0.6 is 11.8 Å². The molecule has 4 nitrogen and oxygen atoms in total. The number of nitrogens with two attached hydrogens (primary N) is 1. The minimum Gasteiger partial charge on any atom is -0.329 e. The van der Waals surface area contributed by atoms with Gasteiger partial charge < -0.3 is 5.73 Å². The van der Waals surface area contributed by atoms with Crippen molar-refractivity contribution in [1.82, 2.24) is 0 Å². The van der Waals surface area contributed by atoms with E-state index >= 15 is 0 Å². The SMILES string of the molecule is CCSc1ccc(N(C)S(=O)(=O)CCN)cc1. The molecule has 1 aromatic carbocycles. The molecule has 0 fully saturated rings. The summed E-state index contributed by atoms with van der Waals surface area (Å²) in [5.41, 5.74) is 5.95. The average molecular weight is 274 g/mol. The molecular formula is C11H18N2O2S2. The Bertz CT molecular complexity index is 443. The molecular weight excluding hydrogens is 256 g/mol. The second kappa shape index (κ2) is 6.28.